The van der Waals surface area contributed by atoms with E-state index in [1.165, 1.54) is 33.3 Å². The van der Waals surface area contributed by atoms with Crippen LogP contribution in [0.1, 0.15) is 109 Å². The minimum atomic E-state index is -1.05. The maximum Gasteiger partial charge on any atom is 0.108 e. The fourth-order valence-electron chi connectivity index (χ4n) is 11.6. The van der Waals surface area contributed by atoms with Gasteiger partial charge >= 0.3 is 0 Å². The van der Waals surface area contributed by atoms with E-state index in [1.807, 2.05) is 26.8 Å². The van der Waals surface area contributed by atoms with Gasteiger partial charge in [0, 0.05) is 27.4 Å². The van der Waals surface area contributed by atoms with Crippen LogP contribution in [0.2, 0.25) is 0 Å². The topological polar surface area (TPSA) is 85.7 Å². The smallest absolute Gasteiger partial charge is 0.108 e. The Morgan fingerprint density at radius 1 is 1.12 bits per heavy atom. The summed E-state index contributed by atoms with van der Waals surface area (Å²) in [5.41, 5.74) is 6.33. The van der Waals surface area contributed by atoms with Crippen LogP contribution in [0.25, 0.3) is 10.9 Å². The van der Waals surface area contributed by atoms with Gasteiger partial charge in [0.25, 0.3) is 0 Å². The summed E-state index contributed by atoms with van der Waals surface area (Å²) in [5, 5.41) is 36.4. The summed E-state index contributed by atoms with van der Waals surface area (Å²) in [6.07, 6.45) is 5.96. The standard InChI is InChI=1S/C37H49NO4/c1-18(2)31-26(39)17-22-27(42-31)12-13-35(7)36(8)19(11-14-37(22,35)41)15-20-28-25(38-32(20)36)10-9-21-30(28)29-23(33(21,3)4)16-24(29)34(5,6)40/h9-10,17,19,23-24,26-27,29,31,38-41H,1,11-16H2,2-8H3/t19?,23-,24-,26+,27?,29-,31?,35+,36+,37+/m0/s1. The second-order valence-electron chi connectivity index (χ2n) is 16.7. The fourth-order valence-corrected chi connectivity index (χ4v) is 11.6. The molecule has 3 unspecified atom stereocenters. The molecule has 2 aromatic rings. The molecule has 6 aliphatic rings. The van der Waals surface area contributed by atoms with Crippen LogP contribution in [-0.4, -0.2) is 49.8 Å². The highest BCUT2D eigenvalue weighted by atomic mass is 16.5. The number of ether oxygens (including phenoxy) is 1. The molecule has 5 nitrogen and oxygen atoms in total. The van der Waals surface area contributed by atoms with Crippen molar-refractivity contribution in [2.75, 3.05) is 0 Å². The summed E-state index contributed by atoms with van der Waals surface area (Å²) in [7, 11) is 0. The second kappa shape index (κ2) is 8.02. The first-order chi connectivity index (χ1) is 19.6. The molecule has 2 heterocycles. The first kappa shape index (κ1) is 27.6. The highest BCUT2D eigenvalue weighted by molar-refractivity contribution is 5.92. The molecule has 3 fully saturated rings. The molecule has 5 heteroatoms. The first-order valence-corrected chi connectivity index (χ1v) is 16.4. The van der Waals surface area contributed by atoms with Gasteiger partial charge in [-0.3, -0.25) is 0 Å². The van der Waals surface area contributed by atoms with Crippen molar-refractivity contribution in [2.45, 2.75) is 133 Å². The van der Waals surface area contributed by atoms with E-state index < -0.39 is 28.8 Å². The molecule has 0 bridgehead atoms. The number of aliphatic hydroxyl groups is 3. The molecule has 1 aromatic heterocycles. The number of benzene rings is 1. The lowest BCUT2D eigenvalue weighted by atomic mass is 9.42. The van der Waals surface area contributed by atoms with Crippen molar-refractivity contribution in [3.05, 3.63) is 58.3 Å². The molecule has 226 valence electrons. The number of aromatic amines is 1. The molecule has 5 aliphatic carbocycles. The molecular formula is C37H49NO4. The Balaban J connectivity index is 1.29. The van der Waals surface area contributed by atoms with E-state index in [-0.39, 0.29) is 22.9 Å². The van der Waals surface area contributed by atoms with Crippen molar-refractivity contribution in [1.29, 1.82) is 0 Å². The van der Waals surface area contributed by atoms with Crippen molar-refractivity contribution < 1.29 is 20.1 Å². The van der Waals surface area contributed by atoms with Crippen LogP contribution in [0.5, 0.6) is 0 Å². The minimum absolute atomic E-state index is 0.0932. The molecule has 42 heavy (non-hydrogen) atoms. The third-order valence-electron chi connectivity index (χ3n) is 14.2. The van der Waals surface area contributed by atoms with Crippen molar-refractivity contribution in [2.24, 2.45) is 23.2 Å². The number of H-pyrrole nitrogens is 1. The number of rotatable bonds is 2. The number of hydrogen-bond acceptors (Lipinski definition) is 4. The SMILES string of the molecule is C=C(C)C1OC2CC[C@@]3(C)[C@@](O)(CCC4Cc5c([nH]c6ccc7c(c56)[C@@H]5[C@@H](C(C)(C)O)C[C@@H]5C7(C)C)[C@@]43C)C2=C[C@H]1O. The maximum absolute atomic E-state index is 12.8. The van der Waals surface area contributed by atoms with Gasteiger partial charge in [-0.05, 0) is 128 Å². The number of fused-ring (bicyclic) bond motifs is 13. The van der Waals surface area contributed by atoms with Gasteiger partial charge in [-0.2, -0.15) is 0 Å². The van der Waals surface area contributed by atoms with Gasteiger partial charge in [0.2, 0.25) is 0 Å². The summed E-state index contributed by atoms with van der Waals surface area (Å²) < 4.78 is 6.41. The molecular weight excluding hydrogens is 522 g/mol. The Bertz CT molecular complexity index is 1570. The molecule has 8 rings (SSSR count). The van der Waals surface area contributed by atoms with Gasteiger partial charge in [0.05, 0.1) is 17.3 Å². The van der Waals surface area contributed by atoms with E-state index in [1.54, 1.807) is 0 Å². The molecule has 10 atom stereocenters. The predicted octanol–water partition coefficient (Wildman–Crippen LogP) is 6.34. The van der Waals surface area contributed by atoms with Crippen LogP contribution >= 0.6 is 0 Å². The van der Waals surface area contributed by atoms with E-state index >= 15 is 0 Å². The molecule has 0 radical (unpaired) electrons. The Kier molecular flexibility index (Phi) is 5.27. The van der Waals surface area contributed by atoms with Crippen LogP contribution in [0, 0.1) is 23.2 Å². The third kappa shape index (κ3) is 2.96. The lowest BCUT2D eigenvalue weighted by Crippen LogP contribution is -2.67. The van der Waals surface area contributed by atoms with Gasteiger partial charge in [-0.15, -0.1) is 0 Å². The van der Waals surface area contributed by atoms with E-state index in [0.29, 0.717) is 24.2 Å². The van der Waals surface area contributed by atoms with Crippen LogP contribution in [0.4, 0.5) is 0 Å². The van der Waals surface area contributed by atoms with E-state index in [0.717, 1.165) is 43.3 Å². The molecule has 0 saturated heterocycles. The van der Waals surface area contributed by atoms with Crippen LogP contribution in [0.3, 0.4) is 0 Å². The zero-order valence-electron chi connectivity index (χ0n) is 26.5. The van der Waals surface area contributed by atoms with Gasteiger partial charge in [0.1, 0.15) is 12.2 Å². The predicted molar refractivity (Wildman–Crippen MR) is 166 cm³/mol. The van der Waals surface area contributed by atoms with Crippen LogP contribution in [0.15, 0.2) is 35.9 Å². The van der Waals surface area contributed by atoms with Crippen LogP contribution < -0.4 is 0 Å². The average molecular weight is 572 g/mol. The summed E-state index contributed by atoms with van der Waals surface area (Å²) >= 11 is 0. The quantitative estimate of drug-likeness (QED) is 0.317. The molecule has 4 N–H and O–H groups in total. The molecule has 0 amide bonds. The largest absolute Gasteiger partial charge is 0.390 e. The number of hydrogen-bond donors (Lipinski definition) is 4. The summed E-state index contributed by atoms with van der Waals surface area (Å²) in [6.45, 7) is 19.5. The Hall–Kier alpha value is -1.92. The van der Waals surface area contributed by atoms with Crippen LogP contribution in [-0.2, 0) is 22.0 Å². The third-order valence-corrected chi connectivity index (χ3v) is 14.2. The van der Waals surface area contributed by atoms with Crippen molar-refractivity contribution in [3.63, 3.8) is 0 Å². The van der Waals surface area contributed by atoms with Crippen molar-refractivity contribution in [1.82, 2.24) is 4.98 Å². The molecule has 0 spiro atoms. The van der Waals surface area contributed by atoms with Gasteiger partial charge < -0.3 is 25.0 Å². The molecule has 1 aromatic carbocycles. The van der Waals surface area contributed by atoms with Crippen molar-refractivity contribution in [3.8, 4) is 0 Å². The summed E-state index contributed by atoms with van der Waals surface area (Å²) in [6, 6.07) is 4.66. The Morgan fingerprint density at radius 3 is 2.55 bits per heavy atom. The maximum atomic E-state index is 12.8. The van der Waals surface area contributed by atoms with E-state index in [9.17, 15) is 15.3 Å². The number of aromatic nitrogens is 1. The van der Waals surface area contributed by atoms with Gasteiger partial charge in [-0.25, -0.2) is 0 Å². The van der Waals surface area contributed by atoms with Crippen molar-refractivity contribution >= 4 is 10.9 Å². The van der Waals surface area contributed by atoms with E-state index in [4.69, 9.17) is 4.74 Å². The zero-order valence-corrected chi connectivity index (χ0v) is 26.5. The Labute approximate surface area is 250 Å². The summed E-state index contributed by atoms with van der Waals surface area (Å²) in [4.78, 5) is 3.98. The normalized spacial score (nSPS) is 44.7. The van der Waals surface area contributed by atoms with Gasteiger partial charge in [0.15, 0.2) is 0 Å². The second-order valence-corrected chi connectivity index (χ2v) is 16.7. The highest BCUT2D eigenvalue weighted by Gasteiger charge is 2.70. The monoisotopic (exact) mass is 571 g/mol. The fraction of sp³-hybridized carbons (Fsp3) is 0.676. The number of aliphatic hydroxyl groups excluding tert-OH is 1. The molecule has 1 aliphatic heterocycles. The van der Waals surface area contributed by atoms with E-state index in [2.05, 4.69) is 51.4 Å². The zero-order chi connectivity index (χ0) is 29.9. The Morgan fingerprint density at radius 2 is 1.86 bits per heavy atom. The van der Waals surface area contributed by atoms with Gasteiger partial charge in [-0.1, -0.05) is 40.3 Å². The average Bonchev–Trinajstić information content (AvgIpc) is 3.43. The lowest BCUT2D eigenvalue weighted by molar-refractivity contribution is -0.185. The summed E-state index contributed by atoms with van der Waals surface area (Å²) in [5.74, 6) is 1.65. The highest BCUT2D eigenvalue weighted by Crippen LogP contribution is 2.71. The molecule has 3 saturated carbocycles. The minimum Gasteiger partial charge on any atom is -0.390 e. The number of nitrogens with one attached hydrogen (secondary N) is 1. The lowest BCUT2D eigenvalue weighted by Gasteiger charge is -2.65. The first-order valence-electron chi connectivity index (χ1n) is 16.4.